The fourth-order valence-electron chi connectivity index (χ4n) is 3.39. The maximum absolute atomic E-state index is 10.9. The largest absolute Gasteiger partial charge is 0.494 e. The molecular weight excluding hydrogens is 348 g/mol. The van der Waals surface area contributed by atoms with E-state index in [0.717, 1.165) is 55.9 Å². The fraction of sp³-hybridized carbons (Fsp3) is 0.429. The van der Waals surface area contributed by atoms with Gasteiger partial charge in [0.1, 0.15) is 5.75 Å². The Labute approximate surface area is 160 Å². The highest BCUT2D eigenvalue weighted by atomic mass is 35.5. The lowest BCUT2D eigenvalue weighted by atomic mass is 9.84. The van der Waals surface area contributed by atoms with Gasteiger partial charge in [-0.05, 0) is 61.2 Å². The van der Waals surface area contributed by atoms with Crippen LogP contribution in [0.2, 0.25) is 5.02 Å². The van der Waals surface area contributed by atoms with E-state index in [2.05, 4.69) is 10.2 Å². The number of anilines is 1. The van der Waals surface area contributed by atoms with Crippen LogP contribution in [0.1, 0.15) is 24.8 Å². The van der Waals surface area contributed by atoms with Crippen LogP contribution in [0.3, 0.4) is 0 Å². The number of nitrogens with one attached hydrogen (secondary N) is 1. The molecule has 4 nitrogen and oxygen atoms in total. The van der Waals surface area contributed by atoms with Gasteiger partial charge in [0, 0.05) is 37.4 Å². The number of hydrogen-bond donors (Lipinski definition) is 2. The van der Waals surface area contributed by atoms with Crippen LogP contribution in [0, 0.1) is 0 Å². The second-order valence-electron chi connectivity index (χ2n) is 6.86. The van der Waals surface area contributed by atoms with E-state index in [0.29, 0.717) is 11.6 Å². The lowest BCUT2D eigenvalue weighted by Gasteiger charge is -2.38. The third kappa shape index (κ3) is 4.91. The molecule has 140 valence electrons. The number of benzene rings is 2. The quantitative estimate of drug-likeness (QED) is 0.715. The van der Waals surface area contributed by atoms with Crippen LogP contribution in [-0.4, -0.2) is 43.3 Å². The molecule has 0 radical (unpaired) electrons. The molecule has 0 unspecified atom stereocenters. The summed E-state index contributed by atoms with van der Waals surface area (Å²) in [6, 6.07) is 15.6. The average molecular weight is 375 g/mol. The first-order chi connectivity index (χ1) is 12.6. The van der Waals surface area contributed by atoms with Gasteiger partial charge in [-0.25, -0.2) is 0 Å². The highest BCUT2D eigenvalue weighted by Crippen LogP contribution is 2.33. The summed E-state index contributed by atoms with van der Waals surface area (Å²) in [4.78, 5) is 2.40. The lowest BCUT2D eigenvalue weighted by Crippen LogP contribution is -2.43. The Morgan fingerprint density at radius 3 is 2.35 bits per heavy atom. The summed E-state index contributed by atoms with van der Waals surface area (Å²) in [7, 11) is 1.91. The molecule has 0 aliphatic carbocycles. The fourth-order valence-corrected chi connectivity index (χ4v) is 3.52. The normalized spacial score (nSPS) is 17.0. The van der Waals surface area contributed by atoms with Gasteiger partial charge < -0.3 is 20.1 Å². The summed E-state index contributed by atoms with van der Waals surface area (Å²) in [5.74, 6) is 0.903. The first-order valence-corrected chi connectivity index (χ1v) is 9.58. The number of rotatable bonds is 7. The van der Waals surface area contributed by atoms with Crippen LogP contribution in [-0.2, 0) is 5.60 Å². The number of aliphatic hydroxyl groups is 1. The van der Waals surface area contributed by atoms with E-state index in [1.165, 1.54) is 0 Å². The molecule has 0 bridgehead atoms. The van der Waals surface area contributed by atoms with Gasteiger partial charge in [0.15, 0.2) is 0 Å². The van der Waals surface area contributed by atoms with E-state index < -0.39 is 5.60 Å². The van der Waals surface area contributed by atoms with Gasteiger partial charge in [0.25, 0.3) is 0 Å². The zero-order chi connectivity index (χ0) is 18.4. The molecule has 0 spiro atoms. The molecule has 1 aliphatic heterocycles. The summed E-state index contributed by atoms with van der Waals surface area (Å²) in [5.41, 5.74) is 1.32. The Kier molecular flexibility index (Phi) is 6.41. The second-order valence-corrected chi connectivity index (χ2v) is 7.29. The van der Waals surface area contributed by atoms with Crippen molar-refractivity contribution in [3.8, 4) is 5.75 Å². The molecule has 1 fully saturated rings. The molecule has 2 N–H and O–H groups in total. The minimum atomic E-state index is -0.730. The van der Waals surface area contributed by atoms with Crippen LogP contribution < -0.4 is 10.1 Å². The van der Waals surface area contributed by atoms with Gasteiger partial charge in [0.2, 0.25) is 0 Å². The Morgan fingerprint density at radius 2 is 1.73 bits per heavy atom. The van der Waals surface area contributed by atoms with Gasteiger partial charge in [0.05, 0.1) is 12.2 Å². The number of halogens is 1. The highest BCUT2D eigenvalue weighted by molar-refractivity contribution is 6.30. The van der Waals surface area contributed by atoms with Crippen molar-refractivity contribution in [3.63, 3.8) is 0 Å². The molecular formula is C21H27ClN2O2. The molecule has 3 rings (SSSR count). The number of piperidine rings is 1. The molecule has 0 saturated carbocycles. The zero-order valence-corrected chi connectivity index (χ0v) is 16.0. The molecule has 1 saturated heterocycles. The predicted octanol–water partition coefficient (Wildman–Crippen LogP) is 4.13. The Hall–Kier alpha value is -1.75. The molecule has 2 aromatic rings. The van der Waals surface area contributed by atoms with Crippen molar-refractivity contribution in [2.75, 3.05) is 38.6 Å². The smallest absolute Gasteiger partial charge is 0.119 e. The first-order valence-electron chi connectivity index (χ1n) is 9.20. The molecule has 0 amide bonds. The number of nitrogens with zero attached hydrogens (tertiary/aromatic N) is 1. The lowest BCUT2D eigenvalue weighted by molar-refractivity contribution is -0.0264. The monoisotopic (exact) mass is 374 g/mol. The van der Waals surface area contributed by atoms with Gasteiger partial charge in [-0.15, -0.1) is 0 Å². The molecule has 0 aromatic heterocycles. The molecule has 1 heterocycles. The van der Waals surface area contributed by atoms with Crippen LogP contribution in [0.5, 0.6) is 5.75 Å². The van der Waals surface area contributed by atoms with E-state index in [9.17, 15) is 5.11 Å². The SMILES string of the molecule is CNc1ccc(OCCCN2CCC(O)(c3ccc(Cl)cc3)CC2)cc1. The van der Waals surface area contributed by atoms with E-state index >= 15 is 0 Å². The molecule has 2 aromatic carbocycles. The highest BCUT2D eigenvalue weighted by Gasteiger charge is 2.33. The summed E-state index contributed by atoms with van der Waals surface area (Å²) in [6.45, 7) is 3.49. The van der Waals surface area contributed by atoms with Crippen molar-refractivity contribution in [1.29, 1.82) is 0 Å². The van der Waals surface area contributed by atoms with Crippen molar-refractivity contribution < 1.29 is 9.84 Å². The van der Waals surface area contributed by atoms with Gasteiger partial charge in [-0.3, -0.25) is 0 Å². The minimum Gasteiger partial charge on any atom is -0.494 e. The third-order valence-corrected chi connectivity index (χ3v) is 5.35. The molecule has 26 heavy (non-hydrogen) atoms. The van der Waals surface area contributed by atoms with Crippen molar-refractivity contribution >= 4 is 17.3 Å². The summed E-state index contributed by atoms with van der Waals surface area (Å²) in [6.07, 6.45) is 2.48. The van der Waals surface area contributed by atoms with Crippen molar-refractivity contribution in [3.05, 3.63) is 59.1 Å². The summed E-state index contributed by atoms with van der Waals surface area (Å²) < 4.78 is 5.80. The van der Waals surface area contributed by atoms with Crippen LogP contribution in [0.15, 0.2) is 48.5 Å². The van der Waals surface area contributed by atoms with Gasteiger partial charge >= 0.3 is 0 Å². The van der Waals surface area contributed by atoms with Crippen LogP contribution >= 0.6 is 11.6 Å². The van der Waals surface area contributed by atoms with E-state index in [1.807, 2.05) is 55.6 Å². The van der Waals surface area contributed by atoms with Crippen molar-refractivity contribution in [1.82, 2.24) is 4.90 Å². The summed E-state index contributed by atoms with van der Waals surface area (Å²) >= 11 is 5.94. The Balaban J connectivity index is 1.39. The van der Waals surface area contributed by atoms with Crippen molar-refractivity contribution in [2.24, 2.45) is 0 Å². The third-order valence-electron chi connectivity index (χ3n) is 5.10. The Morgan fingerprint density at radius 1 is 1.08 bits per heavy atom. The average Bonchev–Trinajstić information content (AvgIpc) is 2.67. The Bertz CT molecular complexity index is 680. The van der Waals surface area contributed by atoms with Crippen LogP contribution in [0.25, 0.3) is 0 Å². The summed E-state index contributed by atoms with van der Waals surface area (Å²) in [5, 5.41) is 14.7. The predicted molar refractivity (Wildman–Crippen MR) is 107 cm³/mol. The standard InChI is InChI=1S/C21H27ClN2O2/c1-23-19-7-9-20(10-8-19)26-16-2-13-24-14-11-21(25,12-15-24)17-3-5-18(22)6-4-17/h3-10,23,25H,2,11-16H2,1H3. The van der Waals surface area contributed by atoms with Crippen molar-refractivity contribution in [2.45, 2.75) is 24.9 Å². The molecule has 0 atom stereocenters. The number of likely N-dealkylation sites (tertiary alicyclic amines) is 1. The van der Waals surface area contributed by atoms with Crippen LogP contribution in [0.4, 0.5) is 5.69 Å². The molecule has 5 heteroatoms. The maximum atomic E-state index is 10.9. The molecule has 1 aliphatic rings. The van der Waals surface area contributed by atoms with E-state index in [4.69, 9.17) is 16.3 Å². The van der Waals surface area contributed by atoms with Gasteiger partial charge in [-0.1, -0.05) is 23.7 Å². The van der Waals surface area contributed by atoms with Gasteiger partial charge in [-0.2, -0.15) is 0 Å². The second kappa shape index (κ2) is 8.76. The minimum absolute atomic E-state index is 0.704. The zero-order valence-electron chi connectivity index (χ0n) is 15.2. The number of ether oxygens (including phenoxy) is 1. The van der Waals surface area contributed by atoms with E-state index in [1.54, 1.807) is 0 Å². The van der Waals surface area contributed by atoms with E-state index in [-0.39, 0.29) is 0 Å². The maximum Gasteiger partial charge on any atom is 0.119 e. The topological polar surface area (TPSA) is 44.7 Å². The first kappa shape index (κ1) is 19.0. The number of hydrogen-bond acceptors (Lipinski definition) is 4.